The maximum Gasteiger partial charge on any atom is 0.296 e. The molecule has 0 saturated carbocycles. The highest BCUT2D eigenvalue weighted by Gasteiger charge is 2.28. The maximum absolute atomic E-state index is 12.5. The Hall–Kier alpha value is -7.40. The number of rotatable bonds is 11. The van der Waals surface area contributed by atoms with E-state index < -0.39 is 78.6 Å². The summed E-state index contributed by atoms with van der Waals surface area (Å²) in [5, 5.41) is 55.4. The lowest BCUT2D eigenvalue weighted by molar-refractivity contribution is 0.472. The number of hydrogen-bond donors (Lipinski definition) is 8. The van der Waals surface area contributed by atoms with E-state index in [1.165, 1.54) is 78.9 Å². The average molecular weight is 859 g/mol. The molecular formula is C35H26N10O11S3. The molecule has 0 spiro atoms. The Kier molecular flexibility index (Phi) is 11.1. The van der Waals surface area contributed by atoms with E-state index >= 15 is 0 Å². The van der Waals surface area contributed by atoms with E-state index in [2.05, 4.69) is 36.0 Å². The first-order valence-corrected chi connectivity index (χ1v) is 20.4. The summed E-state index contributed by atoms with van der Waals surface area (Å²) in [6, 6.07) is 22.3. The molecule has 0 fully saturated rings. The van der Waals surface area contributed by atoms with Crippen molar-refractivity contribution in [3.8, 4) is 17.6 Å². The van der Waals surface area contributed by atoms with Crippen LogP contribution in [-0.2, 0) is 30.4 Å². The highest BCUT2D eigenvalue weighted by Crippen LogP contribution is 2.48. The molecule has 0 aliphatic rings. The number of phenols is 2. The molecular weight excluding hydrogens is 833 g/mol. The molecule has 300 valence electrons. The number of nitriles is 1. The van der Waals surface area contributed by atoms with Crippen LogP contribution < -0.4 is 16.8 Å². The van der Waals surface area contributed by atoms with Gasteiger partial charge in [0.25, 0.3) is 30.4 Å². The van der Waals surface area contributed by atoms with Crippen molar-refractivity contribution in [2.45, 2.75) is 14.7 Å². The summed E-state index contributed by atoms with van der Waals surface area (Å²) in [4.78, 5) is -2.77. The Morgan fingerprint density at radius 2 is 1.10 bits per heavy atom. The molecule has 0 aliphatic carbocycles. The van der Waals surface area contributed by atoms with Gasteiger partial charge in [0.1, 0.15) is 37.5 Å². The number of nitrogen functional groups attached to an aromatic ring is 2. The van der Waals surface area contributed by atoms with Crippen molar-refractivity contribution < 1.29 is 49.1 Å². The highest BCUT2D eigenvalue weighted by molar-refractivity contribution is 7.86. The maximum atomic E-state index is 12.5. The van der Waals surface area contributed by atoms with Crippen LogP contribution in [0.1, 0.15) is 5.56 Å². The molecule has 0 bridgehead atoms. The van der Waals surface area contributed by atoms with Gasteiger partial charge in [0.15, 0.2) is 5.75 Å². The normalized spacial score (nSPS) is 12.4. The average Bonchev–Trinajstić information content (AvgIpc) is 3.16. The van der Waals surface area contributed by atoms with Crippen molar-refractivity contribution >= 4 is 98.0 Å². The Bertz CT molecular complexity index is 3150. The highest BCUT2D eigenvalue weighted by atomic mass is 32.2. The van der Waals surface area contributed by atoms with Gasteiger partial charge in [-0.25, -0.2) is 0 Å². The van der Waals surface area contributed by atoms with Crippen LogP contribution in [0.25, 0.3) is 10.8 Å². The van der Waals surface area contributed by atoms with Gasteiger partial charge in [-0.2, -0.15) is 45.9 Å². The minimum absolute atomic E-state index is 0.0913. The second-order valence-electron chi connectivity index (χ2n) is 12.1. The second kappa shape index (κ2) is 15.9. The van der Waals surface area contributed by atoms with Gasteiger partial charge in [-0.15, -0.1) is 15.3 Å². The summed E-state index contributed by atoms with van der Waals surface area (Å²) in [6.07, 6.45) is 0. The predicted molar refractivity (Wildman–Crippen MR) is 212 cm³/mol. The van der Waals surface area contributed by atoms with Gasteiger partial charge in [-0.05, 0) is 96.4 Å². The summed E-state index contributed by atoms with van der Waals surface area (Å²) in [6.45, 7) is 0. The number of aromatic hydroxyl groups is 2. The minimum atomic E-state index is -5.24. The molecule has 0 aromatic heterocycles. The monoisotopic (exact) mass is 858 g/mol. The van der Waals surface area contributed by atoms with E-state index in [-0.39, 0.29) is 34.1 Å². The molecule has 0 aliphatic heterocycles. The lowest BCUT2D eigenvalue weighted by Crippen LogP contribution is -2.04. The fourth-order valence-corrected chi connectivity index (χ4v) is 7.31. The molecule has 0 unspecified atom stereocenters. The van der Waals surface area contributed by atoms with E-state index in [0.29, 0.717) is 29.2 Å². The zero-order valence-electron chi connectivity index (χ0n) is 29.4. The van der Waals surface area contributed by atoms with E-state index in [0.717, 1.165) is 6.07 Å². The van der Waals surface area contributed by atoms with Gasteiger partial charge in [0, 0.05) is 17.4 Å². The standard InChI is InChI=1S/C35H26N10O11S3/c36-17-18-1-4-22(5-2-18)41-45-34-30(59(54,55)56)14-19-13-29(58(51,52)53)33(32(38)31(19)35(34)47)44-42-24-10-12-26(28(16-24)57(48,49)50)39-21-6-8-23(9-7-21)40-43-25-11-3-20(37)15-27(25)46/h1-16,39,46-47H,37-38H2,(H,48,49,50)(H,51,52,53)(H,54,55,56)/b43-40+,44-42+,45-41+. The number of azo groups is 3. The van der Waals surface area contributed by atoms with E-state index in [4.69, 9.17) is 16.7 Å². The Morgan fingerprint density at radius 1 is 0.576 bits per heavy atom. The molecule has 6 aromatic carbocycles. The molecule has 0 radical (unpaired) electrons. The van der Waals surface area contributed by atoms with Crippen molar-refractivity contribution in [1.82, 2.24) is 0 Å². The molecule has 6 rings (SSSR count). The largest absolute Gasteiger partial charge is 0.506 e. The van der Waals surface area contributed by atoms with Crippen LogP contribution in [-0.4, -0.2) is 49.1 Å². The molecule has 0 heterocycles. The van der Waals surface area contributed by atoms with E-state index in [1.807, 2.05) is 6.07 Å². The van der Waals surface area contributed by atoms with Gasteiger partial charge in [0.05, 0.1) is 45.5 Å². The number of nitrogens with two attached hydrogens (primary N) is 2. The van der Waals surface area contributed by atoms with Gasteiger partial charge in [-0.1, -0.05) is 0 Å². The number of benzene rings is 6. The quantitative estimate of drug-likeness (QED) is 0.0347. The van der Waals surface area contributed by atoms with E-state index in [1.54, 1.807) is 0 Å². The van der Waals surface area contributed by atoms with Gasteiger partial charge < -0.3 is 27.0 Å². The topological polar surface area (TPSA) is 366 Å². The van der Waals surface area contributed by atoms with Crippen LogP contribution in [0.3, 0.4) is 0 Å². The number of phenolic OH excluding ortho intramolecular Hbond substituents is 2. The van der Waals surface area contributed by atoms with Crippen molar-refractivity contribution in [1.29, 1.82) is 5.26 Å². The third-order valence-electron chi connectivity index (χ3n) is 8.06. The molecule has 24 heteroatoms. The van der Waals surface area contributed by atoms with Crippen molar-refractivity contribution in [3.63, 3.8) is 0 Å². The number of fused-ring (bicyclic) bond motifs is 1. The van der Waals surface area contributed by atoms with Crippen molar-refractivity contribution in [2.75, 3.05) is 16.8 Å². The molecule has 21 nitrogen and oxygen atoms in total. The number of anilines is 4. The summed E-state index contributed by atoms with van der Waals surface area (Å²) in [7, 11) is -15.4. The van der Waals surface area contributed by atoms with Crippen LogP contribution in [0, 0.1) is 11.3 Å². The van der Waals surface area contributed by atoms with Crippen LogP contribution in [0.15, 0.2) is 142 Å². The van der Waals surface area contributed by atoms with Crippen LogP contribution in [0.2, 0.25) is 0 Å². The molecule has 0 atom stereocenters. The lowest BCUT2D eigenvalue weighted by atomic mass is 10.1. The SMILES string of the molecule is N#Cc1ccc(/N=N/c2c(S(=O)(=O)O)cc3cc(S(=O)(=O)O)c(/N=N/c4ccc(Nc5ccc(/N=N/c6ccc(N)cc6O)cc5)c(S(=O)(=O)O)c4)c(N)c3c2O)cc1. The van der Waals surface area contributed by atoms with Gasteiger partial charge in [0.2, 0.25) is 0 Å². The molecule has 59 heavy (non-hydrogen) atoms. The van der Waals surface area contributed by atoms with Crippen molar-refractivity contribution in [2.24, 2.45) is 30.7 Å². The fourth-order valence-electron chi connectivity index (χ4n) is 5.32. The summed E-state index contributed by atoms with van der Waals surface area (Å²) in [5.74, 6) is -1.21. The Morgan fingerprint density at radius 3 is 1.68 bits per heavy atom. The first-order valence-electron chi connectivity index (χ1n) is 16.1. The zero-order chi connectivity index (χ0) is 42.9. The summed E-state index contributed by atoms with van der Waals surface area (Å²) in [5.41, 5.74) is 10.6. The van der Waals surface area contributed by atoms with Gasteiger partial charge in [-0.3, -0.25) is 13.7 Å². The van der Waals surface area contributed by atoms with Crippen LogP contribution in [0.5, 0.6) is 11.5 Å². The van der Waals surface area contributed by atoms with Crippen molar-refractivity contribution in [3.05, 3.63) is 103 Å². The lowest BCUT2D eigenvalue weighted by Gasteiger charge is -2.14. The number of hydrogen-bond acceptors (Lipinski definition) is 18. The third kappa shape index (κ3) is 9.26. The molecule has 10 N–H and O–H groups in total. The van der Waals surface area contributed by atoms with E-state index in [9.17, 15) is 49.1 Å². The van der Waals surface area contributed by atoms with Gasteiger partial charge >= 0.3 is 0 Å². The molecule has 0 amide bonds. The zero-order valence-corrected chi connectivity index (χ0v) is 31.9. The predicted octanol–water partition coefficient (Wildman–Crippen LogP) is 8.02. The Balaban J connectivity index is 1.37. The fraction of sp³-hybridized carbons (Fsp3) is 0. The number of nitrogens with one attached hydrogen (secondary N) is 1. The molecule has 0 saturated heterocycles. The minimum Gasteiger partial charge on any atom is -0.506 e. The first-order chi connectivity index (χ1) is 27.7. The first kappa shape index (κ1) is 41.2. The van der Waals surface area contributed by atoms with Crippen LogP contribution in [0.4, 0.5) is 56.9 Å². The summed E-state index contributed by atoms with van der Waals surface area (Å²) < 4.78 is 105. The number of nitrogens with zero attached hydrogens (tertiary/aromatic N) is 7. The summed E-state index contributed by atoms with van der Waals surface area (Å²) >= 11 is 0. The van der Waals surface area contributed by atoms with Crippen LogP contribution >= 0.6 is 0 Å². The second-order valence-corrected chi connectivity index (χ2v) is 16.3. The smallest absolute Gasteiger partial charge is 0.296 e. The Labute approximate surface area is 333 Å². The molecule has 6 aromatic rings. The third-order valence-corrected chi connectivity index (χ3v) is 10.7.